The molecule has 0 aliphatic carbocycles. The van der Waals surface area contributed by atoms with Crippen LogP contribution in [0.3, 0.4) is 0 Å². The van der Waals surface area contributed by atoms with Crippen LogP contribution in [-0.4, -0.2) is 29.3 Å². The summed E-state index contributed by atoms with van der Waals surface area (Å²) in [5.41, 5.74) is 1.13. The first-order chi connectivity index (χ1) is 12.0. The van der Waals surface area contributed by atoms with E-state index < -0.39 is 11.6 Å². The quantitative estimate of drug-likeness (QED) is 0.765. The first kappa shape index (κ1) is 19.3. The molecular formula is C19H24F2N2O2. The Morgan fingerprint density at radius 3 is 2.60 bits per heavy atom. The molecule has 0 fully saturated rings. The van der Waals surface area contributed by atoms with Crippen molar-refractivity contribution < 1.29 is 18.6 Å². The van der Waals surface area contributed by atoms with Crippen molar-refractivity contribution in [1.29, 1.82) is 0 Å². The monoisotopic (exact) mass is 350 g/mol. The number of aliphatic hydroxyl groups excluding tert-OH is 1. The lowest BCUT2D eigenvalue weighted by atomic mass is 10.1. The van der Waals surface area contributed by atoms with Gasteiger partial charge >= 0.3 is 0 Å². The predicted molar refractivity (Wildman–Crippen MR) is 93.3 cm³/mol. The number of aliphatic hydroxyl groups is 1. The van der Waals surface area contributed by atoms with Gasteiger partial charge in [0.2, 0.25) is 0 Å². The zero-order chi connectivity index (χ0) is 18.4. The average Bonchev–Trinajstić information content (AvgIpc) is 2.58. The molecule has 0 aliphatic rings. The Morgan fingerprint density at radius 1 is 1.20 bits per heavy atom. The van der Waals surface area contributed by atoms with E-state index in [1.54, 1.807) is 0 Å². The first-order valence-electron chi connectivity index (χ1n) is 8.38. The third-order valence-corrected chi connectivity index (χ3v) is 3.97. The van der Waals surface area contributed by atoms with E-state index in [1.165, 1.54) is 30.3 Å². The number of hydrogen-bond donors (Lipinski definition) is 2. The second kappa shape index (κ2) is 8.87. The molecule has 0 bridgehead atoms. The molecule has 25 heavy (non-hydrogen) atoms. The average molecular weight is 350 g/mol. The van der Waals surface area contributed by atoms with Gasteiger partial charge in [0.1, 0.15) is 17.4 Å². The maximum absolute atomic E-state index is 14.1. The molecule has 0 spiro atoms. The number of pyridine rings is 1. The summed E-state index contributed by atoms with van der Waals surface area (Å²) in [5, 5.41) is 12.5. The fraction of sp³-hybridized carbons (Fsp3) is 0.421. The molecule has 2 rings (SSSR count). The maximum Gasteiger partial charge on any atom is 0.146 e. The van der Waals surface area contributed by atoms with E-state index in [1.807, 2.05) is 20.8 Å². The smallest absolute Gasteiger partial charge is 0.146 e. The summed E-state index contributed by atoms with van der Waals surface area (Å²) in [5.74, 6) is -0.170. The summed E-state index contributed by atoms with van der Waals surface area (Å²) < 4.78 is 33.3. The summed E-state index contributed by atoms with van der Waals surface area (Å²) in [4.78, 5) is 4.33. The Hall–Kier alpha value is -2.05. The molecule has 0 saturated carbocycles. The van der Waals surface area contributed by atoms with E-state index in [4.69, 9.17) is 4.74 Å². The van der Waals surface area contributed by atoms with Crippen molar-refractivity contribution in [3.63, 3.8) is 0 Å². The zero-order valence-electron chi connectivity index (χ0n) is 14.7. The van der Waals surface area contributed by atoms with Gasteiger partial charge in [-0.05, 0) is 43.2 Å². The highest BCUT2D eigenvalue weighted by atomic mass is 19.1. The van der Waals surface area contributed by atoms with Crippen LogP contribution in [0, 0.1) is 17.6 Å². The van der Waals surface area contributed by atoms with Gasteiger partial charge in [0, 0.05) is 18.2 Å². The highest BCUT2D eigenvalue weighted by molar-refractivity contribution is 5.67. The Labute approximate surface area is 146 Å². The van der Waals surface area contributed by atoms with Crippen LogP contribution in [0.1, 0.15) is 26.5 Å². The fourth-order valence-corrected chi connectivity index (χ4v) is 2.48. The van der Waals surface area contributed by atoms with Gasteiger partial charge in [0.25, 0.3) is 0 Å². The minimum Gasteiger partial charge on any atom is -0.493 e. The minimum atomic E-state index is -0.453. The molecule has 136 valence electrons. The molecule has 1 aromatic carbocycles. The molecule has 1 aromatic heterocycles. The van der Waals surface area contributed by atoms with E-state index in [-0.39, 0.29) is 30.8 Å². The minimum absolute atomic E-state index is 0.0443. The Balaban J connectivity index is 2.31. The largest absolute Gasteiger partial charge is 0.493 e. The van der Waals surface area contributed by atoms with E-state index in [9.17, 15) is 13.9 Å². The van der Waals surface area contributed by atoms with Crippen molar-refractivity contribution in [2.45, 2.75) is 33.4 Å². The topological polar surface area (TPSA) is 54.4 Å². The van der Waals surface area contributed by atoms with Crippen molar-refractivity contribution in [2.75, 3.05) is 13.2 Å². The molecule has 0 amide bonds. The highest BCUT2D eigenvalue weighted by Gasteiger charge is 2.15. The van der Waals surface area contributed by atoms with Gasteiger partial charge < -0.3 is 15.2 Å². The number of ether oxygens (including phenoxy) is 1. The lowest BCUT2D eigenvalue weighted by molar-refractivity contribution is 0.209. The molecule has 1 heterocycles. The highest BCUT2D eigenvalue weighted by Crippen LogP contribution is 2.30. The van der Waals surface area contributed by atoms with Crippen molar-refractivity contribution in [1.82, 2.24) is 10.3 Å². The van der Waals surface area contributed by atoms with Crippen LogP contribution in [0.4, 0.5) is 8.78 Å². The first-order valence-corrected chi connectivity index (χ1v) is 8.38. The molecule has 4 nitrogen and oxygen atoms in total. The van der Waals surface area contributed by atoms with E-state index in [0.717, 1.165) is 0 Å². The molecule has 0 unspecified atom stereocenters. The second-order valence-corrected chi connectivity index (χ2v) is 6.11. The van der Waals surface area contributed by atoms with Gasteiger partial charge in [-0.1, -0.05) is 13.8 Å². The number of nitrogens with zero attached hydrogens (tertiary/aromatic N) is 1. The van der Waals surface area contributed by atoms with Crippen molar-refractivity contribution in [3.05, 3.63) is 47.7 Å². The van der Waals surface area contributed by atoms with Crippen LogP contribution < -0.4 is 10.1 Å². The predicted octanol–water partition coefficient (Wildman–Crippen LogP) is 3.53. The number of benzene rings is 1. The van der Waals surface area contributed by atoms with Crippen molar-refractivity contribution >= 4 is 0 Å². The summed E-state index contributed by atoms with van der Waals surface area (Å²) in [6.07, 6.45) is 0. The lowest BCUT2D eigenvalue weighted by Gasteiger charge is -2.20. The summed E-state index contributed by atoms with van der Waals surface area (Å²) in [7, 11) is 0. The van der Waals surface area contributed by atoms with Crippen LogP contribution in [0.5, 0.6) is 5.75 Å². The van der Waals surface area contributed by atoms with Gasteiger partial charge in [0.15, 0.2) is 0 Å². The number of halogens is 2. The van der Waals surface area contributed by atoms with Crippen molar-refractivity contribution in [2.24, 2.45) is 5.92 Å². The Kier molecular flexibility index (Phi) is 6.84. The van der Waals surface area contributed by atoms with Crippen molar-refractivity contribution in [3.8, 4) is 17.0 Å². The zero-order valence-corrected chi connectivity index (χ0v) is 14.7. The maximum atomic E-state index is 14.1. The molecule has 1 atom stereocenters. The molecule has 0 saturated heterocycles. The van der Waals surface area contributed by atoms with E-state index in [2.05, 4.69) is 10.3 Å². The Bertz CT molecular complexity index is 708. The SMILES string of the molecule is CCOc1ccc(F)cc1-c1ccc(F)c(CN[C@@H](CO)C(C)C)n1. The summed E-state index contributed by atoms with van der Waals surface area (Å²) >= 11 is 0. The Morgan fingerprint density at radius 2 is 1.96 bits per heavy atom. The standard InChI is InChI=1S/C19H24F2N2O2/c1-4-25-19-8-5-13(20)9-14(19)16-7-6-15(21)17(23-16)10-22-18(11-24)12(2)3/h5-9,12,18,22,24H,4,10-11H2,1-3H3/t18-/m0/s1. The van der Waals surface area contributed by atoms with Gasteiger partial charge in [0.05, 0.1) is 24.6 Å². The summed E-state index contributed by atoms with van der Waals surface area (Å²) in [6.45, 7) is 6.33. The molecule has 2 N–H and O–H groups in total. The molecule has 0 aliphatic heterocycles. The van der Waals surface area contributed by atoms with Crippen LogP contribution in [0.15, 0.2) is 30.3 Å². The van der Waals surface area contributed by atoms with Gasteiger partial charge in [-0.2, -0.15) is 0 Å². The molecule has 2 aromatic rings. The van der Waals surface area contributed by atoms with Gasteiger partial charge in [-0.25, -0.2) is 13.8 Å². The molecule has 6 heteroatoms. The van der Waals surface area contributed by atoms with Gasteiger partial charge in [-0.3, -0.25) is 0 Å². The van der Waals surface area contributed by atoms with E-state index in [0.29, 0.717) is 23.6 Å². The van der Waals surface area contributed by atoms with Crippen LogP contribution in [-0.2, 0) is 6.54 Å². The lowest BCUT2D eigenvalue weighted by Crippen LogP contribution is -2.36. The molecular weight excluding hydrogens is 326 g/mol. The third kappa shape index (κ3) is 4.96. The normalized spacial score (nSPS) is 12.4. The van der Waals surface area contributed by atoms with Crippen LogP contribution in [0.2, 0.25) is 0 Å². The number of aromatic nitrogens is 1. The second-order valence-electron chi connectivity index (χ2n) is 6.11. The number of nitrogens with one attached hydrogen (secondary N) is 1. The fourth-order valence-electron chi connectivity index (χ4n) is 2.48. The number of rotatable bonds is 8. The third-order valence-electron chi connectivity index (χ3n) is 3.97. The number of hydrogen-bond acceptors (Lipinski definition) is 4. The van der Waals surface area contributed by atoms with Crippen LogP contribution >= 0.6 is 0 Å². The van der Waals surface area contributed by atoms with Crippen LogP contribution in [0.25, 0.3) is 11.3 Å². The summed E-state index contributed by atoms with van der Waals surface area (Å²) in [6, 6.07) is 6.84. The molecule has 0 radical (unpaired) electrons. The van der Waals surface area contributed by atoms with Gasteiger partial charge in [-0.15, -0.1) is 0 Å². The van der Waals surface area contributed by atoms with E-state index >= 15 is 0 Å².